The topological polar surface area (TPSA) is 74.0 Å². The highest BCUT2D eigenvalue weighted by molar-refractivity contribution is 6.06. The second-order valence-corrected chi connectivity index (χ2v) is 7.59. The molecule has 0 spiro atoms. The first kappa shape index (κ1) is 17.7. The molecule has 3 aromatic rings. The van der Waals surface area contributed by atoms with Crippen LogP contribution in [-0.4, -0.2) is 16.8 Å². The number of amides is 2. The number of nitrogens with one attached hydrogen (secondary N) is 3. The van der Waals surface area contributed by atoms with E-state index < -0.39 is 0 Å². The Balaban J connectivity index is 1.75. The molecule has 3 N–H and O–H groups in total. The predicted molar refractivity (Wildman–Crippen MR) is 105 cm³/mol. The standard InChI is InChI=1S/C21H23N3O2/c1-21(2,3)13-19(25)22-16-9-10-17-14(11-16)12-18(24-17)20(26)23-15-7-5-4-6-8-15/h4-12,24H,13H2,1-3H3,(H,22,25)(H,23,26). The van der Waals surface area contributed by atoms with Gasteiger partial charge in [-0.25, -0.2) is 0 Å². The van der Waals surface area contributed by atoms with Crippen molar-refractivity contribution in [2.75, 3.05) is 10.6 Å². The fourth-order valence-corrected chi connectivity index (χ4v) is 2.74. The average molecular weight is 349 g/mol. The smallest absolute Gasteiger partial charge is 0.272 e. The molecule has 2 amide bonds. The lowest BCUT2D eigenvalue weighted by molar-refractivity contribution is -0.117. The fraction of sp³-hybridized carbons (Fsp3) is 0.238. The van der Waals surface area contributed by atoms with Crippen molar-refractivity contribution in [2.24, 2.45) is 5.41 Å². The minimum Gasteiger partial charge on any atom is -0.351 e. The molecule has 1 aromatic heterocycles. The number of hydrogen-bond acceptors (Lipinski definition) is 2. The number of fused-ring (bicyclic) bond motifs is 1. The number of para-hydroxylation sites is 1. The normalized spacial score (nSPS) is 11.3. The minimum atomic E-state index is -0.203. The summed E-state index contributed by atoms with van der Waals surface area (Å²) in [6.07, 6.45) is 0.447. The largest absolute Gasteiger partial charge is 0.351 e. The van der Waals surface area contributed by atoms with Crippen molar-refractivity contribution in [2.45, 2.75) is 27.2 Å². The molecule has 26 heavy (non-hydrogen) atoms. The van der Waals surface area contributed by atoms with Crippen LogP contribution in [0.1, 0.15) is 37.7 Å². The van der Waals surface area contributed by atoms with Crippen molar-refractivity contribution < 1.29 is 9.59 Å². The van der Waals surface area contributed by atoms with Crippen molar-refractivity contribution in [1.82, 2.24) is 4.98 Å². The zero-order chi connectivity index (χ0) is 18.7. The first-order valence-electron chi connectivity index (χ1n) is 8.59. The lowest BCUT2D eigenvalue weighted by atomic mass is 9.92. The monoisotopic (exact) mass is 349 g/mol. The lowest BCUT2D eigenvalue weighted by Crippen LogP contribution is -2.19. The molecule has 0 radical (unpaired) electrons. The maximum atomic E-state index is 12.4. The van der Waals surface area contributed by atoms with Crippen LogP contribution < -0.4 is 10.6 Å². The number of carbonyl (C=O) groups is 2. The summed E-state index contributed by atoms with van der Waals surface area (Å²) < 4.78 is 0. The van der Waals surface area contributed by atoms with Gasteiger partial charge in [-0.15, -0.1) is 0 Å². The third-order valence-corrected chi connectivity index (χ3v) is 3.87. The zero-order valence-electron chi connectivity index (χ0n) is 15.2. The fourth-order valence-electron chi connectivity index (χ4n) is 2.74. The summed E-state index contributed by atoms with van der Waals surface area (Å²) in [6.45, 7) is 6.08. The van der Waals surface area contributed by atoms with Gasteiger partial charge in [0.25, 0.3) is 5.91 Å². The van der Waals surface area contributed by atoms with E-state index in [4.69, 9.17) is 0 Å². The molecule has 0 saturated carbocycles. The van der Waals surface area contributed by atoms with Crippen LogP contribution in [-0.2, 0) is 4.79 Å². The average Bonchev–Trinajstić information content (AvgIpc) is 2.97. The summed E-state index contributed by atoms with van der Waals surface area (Å²) >= 11 is 0. The first-order chi connectivity index (χ1) is 12.3. The van der Waals surface area contributed by atoms with Gasteiger partial charge in [0, 0.05) is 28.7 Å². The SMILES string of the molecule is CC(C)(C)CC(=O)Nc1ccc2[nH]c(C(=O)Nc3ccccc3)cc2c1. The van der Waals surface area contributed by atoms with Crippen LogP contribution in [0, 0.1) is 5.41 Å². The molecule has 1 heterocycles. The van der Waals surface area contributed by atoms with Crippen LogP contribution in [0.2, 0.25) is 0 Å². The Morgan fingerprint density at radius 3 is 2.35 bits per heavy atom. The Morgan fingerprint density at radius 1 is 0.923 bits per heavy atom. The number of aromatic nitrogens is 1. The number of benzene rings is 2. The van der Waals surface area contributed by atoms with Crippen molar-refractivity contribution in [3.63, 3.8) is 0 Å². The maximum Gasteiger partial charge on any atom is 0.272 e. The van der Waals surface area contributed by atoms with Gasteiger partial charge in [-0.2, -0.15) is 0 Å². The molecule has 2 aromatic carbocycles. The molecule has 5 nitrogen and oxygen atoms in total. The minimum absolute atomic E-state index is 0.0190. The van der Waals surface area contributed by atoms with Crippen LogP contribution >= 0.6 is 0 Å². The molecule has 0 aliphatic carbocycles. The van der Waals surface area contributed by atoms with Gasteiger partial charge in [-0.05, 0) is 41.8 Å². The highest BCUT2D eigenvalue weighted by Gasteiger charge is 2.16. The van der Waals surface area contributed by atoms with Crippen LogP contribution in [0.15, 0.2) is 54.6 Å². The van der Waals surface area contributed by atoms with Crippen LogP contribution in [0.4, 0.5) is 11.4 Å². The van der Waals surface area contributed by atoms with Crippen molar-refractivity contribution in [3.05, 3.63) is 60.3 Å². The van der Waals surface area contributed by atoms with Crippen molar-refractivity contribution in [3.8, 4) is 0 Å². The number of anilines is 2. The molecule has 0 unspecified atom stereocenters. The van der Waals surface area contributed by atoms with Gasteiger partial charge in [0.15, 0.2) is 0 Å². The highest BCUT2D eigenvalue weighted by Crippen LogP contribution is 2.23. The quantitative estimate of drug-likeness (QED) is 0.633. The summed E-state index contributed by atoms with van der Waals surface area (Å²) in [5, 5.41) is 6.64. The van der Waals surface area contributed by atoms with E-state index in [1.54, 1.807) is 6.07 Å². The summed E-state index contributed by atoms with van der Waals surface area (Å²) in [5.41, 5.74) is 2.72. The Labute approximate surface area is 152 Å². The van der Waals surface area contributed by atoms with Gasteiger partial charge in [0.2, 0.25) is 5.91 Å². The molecule has 0 aliphatic heterocycles. The second kappa shape index (κ2) is 7.04. The first-order valence-corrected chi connectivity index (χ1v) is 8.59. The molecule has 3 rings (SSSR count). The van der Waals surface area contributed by atoms with Gasteiger partial charge in [0.05, 0.1) is 0 Å². The number of aromatic amines is 1. The van der Waals surface area contributed by atoms with Gasteiger partial charge < -0.3 is 15.6 Å². The number of hydrogen-bond donors (Lipinski definition) is 3. The molecule has 5 heteroatoms. The Hall–Kier alpha value is -3.08. The van der Waals surface area contributed by atoms with Gasteiger partial charge >= 0.3 is 0 Å². The number of carbonyl (C=O) groups excluding carboxylic acids is 2. The van der Waals surface area contributed by atoms with Crippen LogP contribution in [0.25, 0.3) is 10.9 Å². The predicted octanol–water partition coefficient (Wildman–Crippen LogP) is 4.79. The summed E-state index contributed by atoms with van der Waals surface area (Å²) in [4.78, 5) is 27.6. The van der Waals surface area contributed by atoms with Crippen LogP contribution in [0.3, 0.4) is 0 Å². The maximum absolute atomic E-state index is 12.4. The van der Waals surface area contributed by atoms with E-state index in [2.05, 4.69) is 15.6 Å². The van der Waals surface area contributed by atoms with Crippen molar-refractivity contribution in [1.29, 1.82) is 0 Å². The Bertz CT molecular complexity index is 937. The third-order valence-electron chi connectivity index (χ3n) is 3.87. The van der Waals surface area contributed by atoms with E-state index in [0.29, 0.717) is 12.1 Å². The molecule has 134 valence electrons. The van der Waals surface area contributed by atoms with E-state index >= 15 is 0 Å². The van der Waals surface area contributed by atoms with Gasteiger partial charge in [0.1, 0.15) is 5.69 Å². The Kier molecular flexibility index (Phi) is 4.80. The third kappa shape index (κ3) is 4.51. The zero-order valence-corrected chi connectivity index (χ0v) is 15.2. The second-order valence-electron chi connectivity index (χ2n) is 7.59. The summed E-state index contributed by atoms with van der Waals surface area (Å²) in [7, 11) is 0. The molecule has 0 fully saturated rings. The number of rotatable bonds is 4. The van der Waals surface area contributed by atoms with E-state index in [0.717, 1.165) is 22.3 Å². The van der Waals surface area contributed by atoms with E-state index in [1.807, 2.05) is 69.3 Å². The summed E-state index contributed by atoms with van der Waals surface area (Å²) in [6, 6.07) is 16.7. The van der Waals surface area contributed by atoms with E-state index in [-0.39, 0.29) is 17.2 Å². The van der Waals surface area contributed by atoms with Gasteiger partial charge in [-0.3, -0.25) is 9.59 Å². The van der Waals surface area contributed by atoms with Gasteiger partial charge in [-0.1, -0.05) is 39.0 Å². The van der Waals surface area contributed by atoms with E-state index in [9.17, 15) is 9.59 Å². The van der Waals surface area contributed by atoms with Crippen molar-refractivity contribution >= 4 is 34.1 Å². The molecular formula is C21H23N3O2. The lowest BCUT2D eigenvalue weighted by Gasteiger charge is -2.17. The molecule has 0 bridgehead atoms. The van der Waals surface area contributed by atoms with Crippen LogP contribution in [0.5, 0.6) is 0 Å². The number of H-pyrrole nitrogens is 1. The molecular weight excluding hydrogens is 326 g/mol. The summed E-state index contributed by atoms with van der Waals surface area (Å²) in [5.74, 6) is -0.222. The Morgan fingerprint density at radius 2 is 1.65 bits per heavy atom. The highest BCUT2D eigenvalue weighted by atomic mass is 16.2. The molecule has 0 aliphatic rings. The molecule has 0 atom stereocenters. The van der Waals surface area contributed by atoms with E-state index in [1.165, 1.54) is 0 Å². The molecule has 0 saturated heterocycles.